The summed E-state index contributed by atoms with van der Waals surface area (Å²) >= 11 is 0. The summed E-state index contributed by atoms with van der Waals surface area (Å²) in [7, 11) is 0. The topological polar surface area (TPSA) is 55.7 Å². The van der Waals surface area contributed by atoms with Crippen molar-refractivity contribution in [3.8, 4) is 17.3 Å². The summed E-state index contributed by atoms with van der Waals surface area (Å²) < 4.78 is 27.7. The van der Waals surface area contributed by atoms with E-state index in [0.717, 1.165) is 41.9 Å². The van der Waals surface area contributed by atoms with Gasteiger partial charge in [-0.3, -0.25) is 10.00 Å². The molecule has 2 aromatic carbocycles. The Hall–Kier alpha value is -3.04. The minimum atomic E-state index is -0.493. The van der Waals surface area contributed by atoms with Gasteiger partial charge >= 0.3 is 0 Å². The number of benzene rings is 2. The Morgan fingerprint density at radius 1 is 1.19 bits per heavy atom. The van der Waals surface area contributed by atoms with Crippen molar-refractivity contribution in [2.75, 3.05) is 6.54 Å². The van der Waals surface area contributed by atoms with E-state index in [0.29, 0.717) is 24.3 Å². The first kappa shape index (κ1) is 16.4. The Bertz CT molecular complexity index is 1000. The lowest BCUT2D eigenvalue weighted by Crippen LogP contribution is -2.30. The number of H-pyrrole nitrogens is 1. The van der Waals surface area contributed by atoms with Crippen molar-refractivity contribution < 1.29 is 8.78 Å². The highest BCUT2D eigenvalue weighted by Gasteiger charge is 2.24. The van der Waals surface area contributed by atoms with Crippen molar-refractivity contribution in [3.05, 3.63) is 76.5 Å². The van der Waals surface area contributed by atoms with Gasteiger partial charge in [0, 0.05) is 42.9 Å². The van der Waals surface area contributed by atoms with E-state index in [4.69, 9.17) is 0 Å². The van der Waals surface area contributed by atoms with Crippen molar-refractivity contribution in [1.82, 2.24) is 15.1 Å². The van der Waals surface area contributed by atoms with Gasteiger partial charge in [-0.2, -0.15) is 10.4 Å². The van der Waals surface area contributed by atoms with Gasteiger partial charge in [0.25, 0.3) is 0 Å². The highest BCUT2D eigenvalue weighted by atomic mass is 19.1. The van der Waals surface area contributed by atoms with Crippen LogP contribution in [0.1, 0.15) is 22.4 Å². The minimum Gasteiger partial charge on any atom is -0.294 e. The molecular formula is C20H16F2N4. The zero-order chi connectivity index (χ0) is 18.1. The van der Waals surface area contributed by atoms with Crippen molar-refractivity contribution in [2.24, 2.45) is 0 Å². The molecule has 0 bridgehead atoms. The molecule has 4 nitrogen and oxygen atoms in total. The maximum Gasteiger partial charge on any atom is 0.132 e. The molecule has 0 unspecified atom stereocenters. The first-order valence-electron chi connectivity index (χ1n) is 8.37. The fraction of sp³-hybridized carbons (Fsp3) is 0.200. The smallest absolute Gasteiger partial charge is 0.132 e. The van der Waals surface area contributed by atoms with Crippen LogP contribution in [0.25, 0.3) is 11.3 Å². The van der Waals surface area contributed by atoms with Gasteiger partial charge in [-0.15, -0.1) is 0 Å². The van der Waals surface area contributed by atoms with Crippen LogP contribution >= 0.6 is 0 Å². The molecule has 0 saturated carbocycles. The standard InChI is InChI=1S/C20H16F2N4/c21-15-5-6-18(22)16(9-15)20-17-12-26(8-7-19(17)24-25-20)11-14-4-2-1-3-13(14)10-23/h1-6,9H,7-8,11-12H2,(H,24,25). The van der Waals surface area contributed by atoms with Crippen molar-refractivity contribution in [1.29, 1.82) is 5.26 Å². The highest BCUT2D eigenvalue weighted by molar-refractivity contribution is 5.65. The molecular weight excluding hydrogens is 334 g/mol. The third kappa shape index (κ3) is 2.98. The molecule has 0 saturated heterocycles. The molecule has 1 aromatic heterocycles. The number of fused-ring (bicyclic) bond motifs is 1. The predicted octanol–water partition coefficient (Wildman–Crippen LogP) is 3.78. The molecule has 0 aliphatic carbocycles. The molecule has 0 fully saturated rings. The lowest BCUT2D eigenvalue weighted by atomic mass is 9.99. The van der Waals surface area contributed by atoms with Crippen LogP contribution < -0.4 is 0 Å². The van der Waals surface area contributed by atoms with E-state index < -0.39 is 11.6 Å². The number of hydrogen-bond donors (Lipinski definition) is 1. The van der Waals surface area contributed by atoms with Crippen LogP contribution in [0.2, 0.25) is 0 Å². The van der Waals surface area contributed by atoms with Gasteiger partial charge in [0.15, 0.2) is 0 Å². The Morgan fingerprint density at radius 2 is 2.04 bits per heavy atom. The molecule has 3 aromatic rings. The molecule has 130 valence electrons. The quantitative estimate of drug-likeness (QED) is 0.782. The fourth-order valence-electron chi connectivity index (χ4n) is 3.40. The van der Waals surface area contributed by atoms with E-state index in [1.165, 1.54) is 6.07 Å². The Morgan fingerprint density at radius 3 is 2.88 bits per heavy atom. The second-order valence-electron chi connectivity index (χ2n) is 6.38. The van der Waals surface area contributed by atoms with Crippen LogP contribution in [-0.4, -0.2) is 21.6 Å². The first-order valence-corrected chi connectivity index (χ1v) is 8.37. The Labute approximate surface area is 149 Å². The van der Waals surface area contributed by atoms with E-state index >= 15 is 0 Å². The summed E-state index contributed by atoms with van der Waals surface area (Å²) in [5, 5.41) is 16.5. The summed E-state index contributed by atoms with van der Waals surface area (Å²) in [5.41, 5.74) is 4.07. The molecule has 0 radical (unpaired) electrons. The molecule has 2 heterocycles. The lowest BCUT2D eigenvalue weighted by Gasteiger charge is -2.27. The largest absolute Gasteiger partial charge is 0.294 e. The van der Waals surface area contributed by atoms with E-state index in [1.54, 1.807) is 6.07 Å². The van der Waals surface area contributed by atoms with E-state index in [9.17, 15) is 14.0 Å². The third-order valence-electron chi connectivity index (χ3n) is 4.73. The maximum absolute atomic E-state index is 14.2. The normalized spacial score (nSPS) is 14.0. The molecule has 26 heavy (non-hydrogen) atoms. The average Bonchev–Trinajstić information content (AvgIpc) is 3.07. The van der Waals surface area contributed by atoms with Gasteiger partial charge in [-0.25, -0.2) is 8.78 Å². The van der Waals surface area contributed by atoms with Crippen LogP contribution in [0.15, 0.2) is 42.5 Å². The van der Waals surface area contributed by atoms with Gasteiger partial charge in [-0.05, 0) is 29.8 Å². The Balaban J connectivity index is 1.64. The van der Waals surface area contributed by atoms with Crippen LogP contribution in [0, 0.1) is 23.0 Å². The summed E-state index contributed by atoms with van der Waals surface area (Å²) in [5.74, 6) is -0.985. The van der Waals surface area contributed by atoms with Crippen LogP contribution in [0.4, 0.5) is 8.78 Å². The van der Waals surface area contributed by atoms with E-state index in [-0.39, 0.29) is 5.56 Å². The average molecular weight is 350 g/mol. The van der Waals surface area contributed by atoms with Gasteiger partial charge in [0.1, 0.15) is 11.6 Å². The van der Waals surface area contributed by atoms with Crippen LogP contribution in [0.5, 0.6) is 0 Å². The monoisotopic (exact) mass is 350 g/mol. The number of rotatable bonds is 3. The molecule has 1 aliphatic heterocycles. The van der Waals surface area contributed by atoms with Crippen molar-refractivity contribution in [2.45, 2.75) is 19.5 Å². The molecule has 6 heteroatoms. The number of aromatic amines is 1. The van der Waals surface area contributed by atoms with Gasteiger partial charge in [-0.1, -0.05) is 18.2 Å². The fourth-order valence-corrected chi connectivity index (χ4v) is 3.40. The minimum absolute atomic E-state index is 0.168. The number of nitrogens with one attached hydrogen (secondary N) is 1. The number of hydrogen-bond acceptors (Lipinski definition) is 3. The number of aromatic nitrogens is 2. The van der Waals surface area contributed by atoms with Gasteiger partial charge < -0.3 is 0 Å². The third-order valence-corrected chi connectivity index (χ3v) is 4.73. The van der Waals surface area contributed by atoms with E-state index in [1.807, 2.05) is 18.2 Å². The molecule has 4 rings (SSSR count). The summed E-state index contributed by atoms with van der Waals surface area (Å²) in [6.45, 7) is 2.00. The molecule has 1 N–H and O–H groups in total. The number of halogens is 2. The predicted molar refractivity (Wildman–Crippen MR) is 92.9 cm³/mol. The zero-order valence-electron chi connectivity index (χ0n) is 14.0. The van der Waals surface area contributed by atoms with E-state index in [2.05, 4.69) is 21.2 Å². The van der Waals surface area contributed by atoms with Gasteiger partial charge in [0.05, 0.1) is 17.3 Å². The zero-order valence-corrected chi connectivity index (χ0v) is 14.0. The highest BCUT2D eigenvalue weighted by Crippen LogP contribution is 2.31. The number of nitriles is 1. The van der Waals surface area contributed by atoms with Crippen molar-refractivity contribution >= 4 is 0 Å². The molecule has 0 atom stereocenters. The summed E-state index contributed by atoms with van der Waals surface area (Å²) in [6, 6.07) is 13.1. The lowest BCUT2D eigenvalue weighted by molar-refractivity contribution is 0.245. The number of nitrogens with zero attached hydrogens (tertiary/aromatic N) is 3. The molecule has 0 amide bonds. The van der Waals surface area contributed by atoms with Crippen LogP contribution in [0.3, 0.4) is 0 Å². The molecule has 1 aliphatic rings. The maximum atomic E-state index is 14.2. The van der Waals surface area contributed by atoms with Crippen LogP contribution in [-0.2, 0) is 19.5 Å². The molecule has 0 spiro atoms. The second kappa shape index (κ2) is 6.70. The SMILES string of the molecule is N#Cc1ccccc1CN1CCc2[nH]nc(-c3cc(F)ccc3F)c2C1. The van der Waals surface area contributed by atoms with Gasteiger partial charge in [0.2, 0.25) is 0 Å². The summed E-state index contributed by atoms with van der Waals surface area (Å²) in [6.07, 6.45) is 0.744. The second-order valence-corrected chi connectivity index (χ2v) is 6.38. The first-order chi connectivity index (χ1) is 12.7. The van der Waals surface area contributed by atoms with Crippen molar-refractivity contribution in [3.63, 3.8) is 0 Å². The summed E-state index contributed by atoms with van der Waals surface area (Å²) in [4.78, 5) is 2.19. The Kier molecular flexibility index (Phi) is 4.23.